The van der Waals surface area contributed by atoms with E-state index in [-0.39, 0.29) is 6.04 Å². The molecule has 3 N–H and O–H groups in total. The first kappa shape index (κ1) is 15.1. The van der Waals surface area contributed by atoms with Crippen LogP contribution in [0, 0.1) is 13.8 Å². The lowest BCUT2D eigenvalue weighted by molar-refractivity contribution is 0.539. The monoisotopic (exact) mass is 270 g/mol. The minimum absolute atomic E-state index is 0.0971. The smallest absolute Gasteiger partial charge is 0.240 e. The van der Waals surface area contributed by atoms with Crippen molar-refractivity contribution < 1.29 is 8.42 Å². The summed E-state index contributed by atoms with van der Waals surface area (Å²) in [6.07, 6.45) is 1.57. The van der Waals surface area contributed by atoms with E-state index in [1.807, 2.05) is 26.8 Å². The number of rotatable bonds is 6. The van der Waals surface area contributed by atoms with Gasteiger partial charge in [-0.1, -0.05) is 6.07 Å². The van der Waals surface area contributed by atoms with Crippen LogP contribution in [-0.4, -0.2) is 21.0 Å². The lowest BCUT2D eigenvalue weighted by Crippen LogP contribution is -2.33. The van der Waals surface area contributed by atoms with Crippen molar-refractivity contribution in [3.8, 4) is 0 Å². The Morgan fingerprint density at radius 1 is 1.28 bits per heavy atom. The summed E-state index contributed by atoms with van der Waals surface area (Å²) in [7, 11) is -3.42. The highest BCUT2D eigenvalue weighted by molar-refractivity contribution is 7.89. The Balaban J connectivity index is 2.83. The third-order valence-corrected chi connectivity index (χ3v) is 4.57. The maximum Gasteiger partial charge on any atom is 0.240 e. The number of hydrogen-bond donors (Lipinski definition) is 2. The summed E-state index contributed by atoms with van der Waals surface area (Å²) in [5, 5.41) is 0. The van der Waals surface area contributed by atoms with Crippen LogP contribution in [0.15, 0.2) is 23.1 Å². The molecule has 0 saturated carbocycles. The van der Waals surface area contributed by atoms with E-state index in [9.17, 15) is 8.42 Å². The van der Waals surface area contributed by atoms with Crippen molar-refractivity contribution in [2.24, 2.45) is 5.73 Å². The molecule has 1 rings (SSSR count). The van der Waals surface area contributed by atoms with E-state index >= 15 is 0 Å². The molecule has 0 aromatic heterocycles. The zero-order chi connectivity index (χ0) is 13.8. The van der Waals surface area contributed by atoms with Gasteiger partial charge in [-0.15, -0.1) is 0 Å². The van der Waals surface area contributed by atoms with E-state index in [1.54, 1.807) is 12.1 Å². The molecule has 1 atom stereocenters. The van der Waals surface area contributed by atoms with Gasteiger partial charge in [0.2, 0.25) is 10.0 Å². The van der Waals surface area contributed by atoms with Crippen LogP contribution < -0.4 is 10.5 Å². The summed E-state index contributed by atoms with van der Waals surface area (Å²) in [5.41, 5.74) is 7.48. The molecule has 0 aliphatic carbocycles. The molecule has 0 heterocycles. The quantitative estimate of drug-likeness (QED) is 0.826. The average Bonchev–Trinajstić information content (AvgIpc) is 2.29. The number of aryl methyl sites for hydroxylation is 2. The second kappa shape index (κ2) is 6.31. The van der Waals surface area contributed by atoms with Crippen LogP contribution in [0.25, 0.3) is 0 Å². The fraction of sp³-hybridized carbons (Fsp3) is 0.538. The van der Waals surface area contributed by atoms with E-state index in [4.69, 9.17) is 5.73 Å². The van der Waals surface area contributed by atoms with Crippen LogP contribution in [0.1, 0.15) is 30.9 Å². The van der Waals surface area contributed by atoms with Crippen molar-refractivity contribution in [2.75, 3.05) is 6.54 Å². The van der Waals surface area contributed by atoms with Gasteiger partial charge in [0.05, 0.1) is 4.90 Å². The maximum absolute atomic E-state index is 12.1. The highest BCUT2D eigenvalue weighted by Gasteiger charge is 2.17. The van der Waals surface area contributed by atoms with Crippen molar-refractivity contribution in [3.05, 3.63) is 29.3 Å². The van der Waals surface area contributed by atoms with Crippen LogP contribution in [0.3, 0.4) is 0 Å². The van der Waals surface area contributed by atoms with Gasteiger partial charge >= 0.3 is 0 Å². The van der Waals surface area contributed by atoms with Gasteiger partial charge in [-0.25, -0.2) is 13.1 Å². The van der Waals surface area contributed by atoms with Gasteiger partial charge in [-0.3, -0.25) is 0 Å². The number of sulfonamides is 1. The Kier molecular flexibility index (Phi) is 5.31. The molecule has 0 bridgehead atoms. The topological polar surface area (TPSA) is 72.2 Å². The molecule has 0 amide bonds. The molecule has 102 valence electrons. The molecular formula is C13H22N2O2S. The number of benzene rings is 1. The average molecular weight is 270 g/mol. The summed E-state index contributed by atoms with van der Waals surface area (Å²) in [5.74, 6) is 0. The molecular weight excluding hydrogens is 248 g/mol. The maximum atomic E-state index is 12.1. The van der Waals surface area contributed by atoms with Gasteiger partial charge < -0.3 is 5.73 Å². The lowest BCUT2D eigenvalue weighted by Gasteiger charge is -2.14. The summed E-state index contributed by atoms with van der Waals surface area (Å²) in [6.45, 7) is 6.30. The molecule has 1 aromatic rings. The summed E-state index contributed by atoms with van der Waals surface area (Å²) in [4.78, 5) is 0.324. The molecule has 4 nitrogen and oxygen atoms in total. The Hall–Kier alpha value is -0.910. The highest BCUT2D eigenvalue weighted by Crippen LogP contribution is 2.15. The number of nitrogens with two attached hydrogens (primary N) is 1. The Labute approximate surface area is 110 Å². The van der Waals surface area contributed by atoms with Crippen molar-refractivity contribution in [1.29, 1.82) is 0 Å². The van der Waals surface area contributed by atoms with Crippen LogP contribution in [-0.2, 0) is 10.0 Å². The molecule has 0 spiro atoms. The van der Waals surface area contributed by atoms with Crippen LogP contribution in [0.2, 0.25) is 0 Å². The van der Waals surface area contributed by atoms with E-state index < -0.39 is 10.0 Å². The first-order valence-electron chi connectivity index (χ1n) is 6.16. The van der Waals surface area contributed by atoms with Crippen molar-refractivity contribution >= 4 is 10.0 Å². The van der Waals surface area contributed by atoms with Crippen molar-refractivity contribution in [2.45, 2.75) is 44.6 Å². The Bertz CT molecular complexity index is 498. The van der Waals surface area contributed by atoms with E-state index in [0.29, 0.717) is 11.4 Å². The normalized spacial score (nSPS) is 13.6. The predicted molar refractivity (Wildman–Crippen MR) is 74.0 cm³/mol. The zero-order valence-corrected chi connectivity index (χ0v) is 12.0. The van der Waals surface area contributed by atoms with Crippen LogP contribution in [0.4, 0.5) is 0 Å². The molecule has 1 unspecified atom stereocenters. The number of nitrogens with one attached hydrogen (secondary N) is 1. The number of hydrogen-bond acceptors (Lipinski definition) is 3. The van der Waals surface area contributed by atoms with E-state index in [2.05, 4.69) is 4.72 Å². The Morgan fingerprint density at radius 3 is 2.50 bits per heavy atom. The highest BCUT2D eigenvalue weighted by atomic mass is 32.2. The van der Waals surface area contributed by atoms with Crippen LogP contribution in [0.5, 0.6) is 0 Å². The summed E-state index contributed by atoms with van der Waals surface area (Å²) >= 11 is 0. The second-order valence-electron chi connectivity index (χ2n) is 4.70. The van der Waals surface area contributed by atoms with Gasteiger partial charge in [0, 0.05) is 6.04 Å². The minimum atomic E-state index is -3.42. The van der Waals surface area contributed by atoms with Crippen molar-refractivity contribution in [1.82, 2.24) is 4.72 Å². The Morgan fingerprint density at radius 2 is 1.94 bits per heavy atom. The van der Waals surface area contributed by atoms with Gasteiger partial charge in [0.1, 0.15) is 0 Å². The fourth-order valence-electron chi connectivity index (χ4n) is 1.70. The fourth-order valence-corrected chi connectivity index (χ4v) is 3.06. The zero-order valence-electron chi connectivity index (χ0n) is 11.2. The van der Waals surface area contributed by atoms with Crippen molar-refractivity contribution in [3.63, 3.8) is 0 Å². The molecule has 5 heteroatoms. The molecule has 0 aliphatic heterocycles. The standard InChI is InChI=1S/C13H22N2O2S/c1-10-6-7-13(9-11(10)2)18(16,17)15-12(3)5-4-8-14/h6-7,9,12,15H,4-5,8,14H2,1-3H3. The second-order valence-corrected chi connectivity index (χ2v) is 6.41. The first-order valence-corrected chi connectivity index (χ1v) is 7.65. The van der Waals surface area contributed by atoms with E-state index in [0.717, 1.165) is 24.0 Å². The third kappa shape index (κ3) is 4.08. The molecule has 0 radical (unpaired) electrons. The molecule has 18 heavy (non-hydrogen) atoms. The van der Waals surface area contributed by atoms with Gasteiger partial charge in [-0.05, 0) is 63.4 Å². The van der Waals surface area contributed by atoms with Gasteiger partial charge in [-0.2, -0.15) is 0 Å². The van der Waals surface area contributed by atoms with E-state index in [1.165, 1.54) is 0 Å². The molecule has 0 aliphatic rings. The first-order chi connectivity index (χ1) is 8.36. The molecule has 1 aromatic carbocycles. The van der Waals surface area contributed by atoms with Crippen LogP contribution >= 0.6 is 0 Å². The molecule has 0 saturated heterocycles. The van der Waals surface area contributed by atoms with Gasteiger partial charge in [0.25, 0.3) is 0 Å². The molecule has 0 fully saturated rings. The lowest BCUT2D eigenvalue weighted by atomic mass is 10.1. The third-order valence-electron chi connectivity index (χ3n) is 2.99. The minimum Gasteiger partial charge on any atom is -0.330 e. The summed E-state index contributed by atoms with van der Waals surface area (Å²) < 4.78 is 26.9. The largest absolute Gasteiger partial charge is 0.330 e. The summed E-state index contributed by atoms with van der Waals surface area (Å²) in [6, 6.07) is 5.07. The van der Waals surface area contributed by atoms with Gasteiger partial charge in [0.15, 0.2) is 0 Å². The SMILES string of the molecule is Cc1ccc(S(=O)(=O)NC(C)CCCN)cc1C. The predicted octanol–water partition coefficient (Wildman–Crippen LogP) is 1.71.